The molecule has 190 valence electrons. The lowest BCUT2D eigenvalue weighted by Gasteiger charge is -2.45. The van der Waals surface area contributed by atoms with E-state index >= 15 is 0 Å². The maximum Gasteiger partial charge on any atom is 0.250 e. The molecule has 4 aromatic rings. The van der Waals surface area contributed by atoms with Gasteiger partial charge in [0, 0.05) is 33.8 Å². The summed E-state index contributed by atoms with van der Waals surface area (Å²) in [6, 6.07) is 23.8. The van der Waals surface area contributed by atoms with E-state index in [0.29, 0.717) is 19.4 Å². The summed E-state index contributed by atoms with van der Waals surface area (Å²) in [5.41, 5.74) is 3.91. The number of anilines is 1. The monoisotopic (exact) mass is 557 g/mol. The van der Waals surface area contributed by atoms with Gasteiger partial charge >= 0.3 is 0 Å². The fourth-order valence-electron chi connectivity index (χ4n) is 5.45. The zero-order valence-electron chi connectivity index (χ0n) is 21.1. The van der Waals surface area contributed by atoms with Gasteiger partial charge in [-0.1, -0.05) is 89.8 Å². The number of nitrogens with one attached hydrogen (secondary N) is 2. The summed E-state index contributed by atoms with van der Waals surface area (Å²) in [7, 11) is 0. The largest absolute Gasteiger partial charge is 0.361 e. The van der Waals surface area contributed by atoms with E-state index in [9.17, 15) is 9.59 Å². The SMILES string of the molecule is Cc1ccc(NC(=O)C2(N(Cc3ccccc3)C(=O)Cc3c[nH]c4ccccc34)CCCCC2)cc1Br. The molecule has 2 N–H and O–H groups in total. The first-order valence-electron chi connectivity index (χ1n) is 12.9. The van der Waals surface area contributed by atoms with Crippen molar-refractivity contribution >= 4 is 44.3 Å². The molecule has 5 rings (SSSR count). The summed E-state index contributed by atoms with van der Waals surface area (Å²) in [5, 5.41) is 4.20. The maximum atomic E-state index is 14.1. The lowest BCUT2D eigenvalue weighted by atomic mass is 9.78. The highest BCUT2D eigenvalue weighted by atomic mass is 79.9. The number of hydrogen-bond donors (Lipinski definition) is 2. The minimum absolute atomic E-state index is 0.0317. The van der Waals surface area contributed by atoms with E-state index in [-0.39, 0.29) is 18.2 Å². The summed E-state index contributed by atoms with van der Waals surface area (Å²) in [4.78, 5) is 33.4. The van der Waals surface area contributed by atoms with Crippen molar-refractivity contribution in [3.8, 4) is 0 Å². The molecular formula is C31H32BrN3O2. The number of hydrogen-bond acceptors (Lipinski definition) is 2. The van der Waals surface area contributed by atoms with Gasteiger partial charge in [0.2, 0.25) is 11.8 Å². The second-order valence-electron chi connectivity index (χ2n) is 10.0. The van der Waals surface area contributed by atoms with Crippen LogP contribution in [0.3, 0.4) is 0 Å². The van der Waals surface area contributed by atoms with Crippen molar-refractivity contribution in [2.75, 3.05) is 5.32 Å². The van der Waals surface area contributed by atoms with E-state index in [1.54, 1.807) is 0 Å². The molecule has 5 nitrogen and oxygen atoms in total. The molecule has 1 fully saturated rings. The number of H-pyrrole nitrogens is 1. The van der Waals surface area contributed by atoms with Crippen LogP contribution in [0.15, 0.2) is 83.5 Å². The Kier molecular flexibility index (Phi) is 7.47. The number of carbonyl (C=O) groups is 2. The van der Waals surface area contributed by atoms with E-state index in [2.05, 4.69) is 26.2 Å². The quantitative estimate of drug-likeness (QED) is 0.253. The van der Waals surface area contributed by atoms with Crippen LogP contribution in [0.4, 0.5) is 5.69 Å². The molecule has 1 aliphatic rings. The van der Waals surface area contributed by atoms with Crippen molar-refractivity contribution in [1.82, 2.24) is 9.88 Å². The number of aromatic amines is 1. The zero-order valence-corrected chi connectivity index (χ0v) is 22.7. The number of para-hydroxylation sites is 1. The standard InChI is InChI=1S/C31H32BrN3O2/c1-22-14-15-25(19-27(22)32)34-30(37)31(16-8-3-9-17-31)35(21-23-10-4-2-5-11-23)29(36)18-24-20-33-28-13-7-6-12-26(24)28/h2,4-7,10-15,19-20,33H,3,8-9,16-18,21H2,1H3,(H,34,37). The first kappa shape index (κ1) is 25.3. The summed E-state index contributed by atoms with van der Waals surface area (Å²) in [6.07, 6.45) is 6.35. The summed E-state index contributed by atoms with van der Waals surface area (Å²) in [6.45, 7) is 2.41. The third-order valence-corrected chi connectivity index (χ3v) is 8.41. The topological polar surface area (TPSA) is 65.2 Å². The summed E-state index contributed by atoms with van der Waals surface area (Å²) < 4.78 is 0.944. The molecule has 1 aliphatic carbocycles. The van der Waals surface area contributed by atoms with E-state index in [1.165, 1.54) is 0 Å². The molecule has 3 aromatic carbocycles. The Morgan fingerprint density at radius 3 is 2.46 bits per heavy atom. The van der Waals surface area contributed by atoms with Crippen LogP contribution in [0.5, 0.6) is 0 Å². The maximum absolute atomic E-state index is 14.1. The first-order valence-corrected chi connectivity index (χ1v) is 13.7. The minimum Gasteiger partial charge on any atom is -0.361 e. The zero-order chi connectivity index (χ0) is 25.8. The fourth-order valence-corrected chi connectivity index (χ4v) is 5.83. The van der Waals surface area contributed by atoms with Crippen molar-refractivity contribution in [1.29, 1.82) is 0 Å². The van der Waals surface area contributed by atoms with Crippen molar-refractivity contribution in [2.24, 2.45) is 0 Å². The second kappa shape index (κ2) is 10.9. The Labute approximate surface area is 226 Å². The Hall–Kier alpha value is -3.38. The smallest absolute Gasteiger partial charge is 0.250 e. The summed E-state index contributed by atoms with van der Waals surface area (Å²) >= 11 is 3.58. The molecule has 0 saturated heterocycles. The number of aromatic nitrogens is 1. The molecule has 1 saturated carbocycles. The molecule has 6 heteroatoms. The predicted molar refractivity (Wildman–Crippen MR) is 152 cm³/mol. The molecule has 0 bridgehead atoms. The van der Waals surface area contributed by atoms with Crippen LogP contribution in [0.1, 0.15) is 48.8 Å². The first-order chi connectivity index (χ1) is 18.0. The molecular weight excluding hydrogens is 526 g/mol. The fraction of sp³-hybridized carbons (Fsp3) is 0.290. The van der Waals surface area contributed by atoms with E-state index in [0.717, 1.165) is 57.0 Å². The molecule has 2 amide bonds. The van der Waals surface area contributed by atoms with E-state index in [1.807, 2.05) is 90.8 Å². The van der Waals surface area contributed by atoms with Crippen molar-refractivity contribution in [3.63, 3.8) is 0 Å². The number of nitrogens with zero attached hydrogens (tertiary/aromatic N) is 1. The third-order valence-electron chi connectivity index (χ3n) is 7.55. The van der Waals surface area contributed by atoms with E-state index in [4.69, 9.17) is 0 Å². The van der Waals surface area contributed by atoms with Gasteiger partial charge in [0.25, 0.3) is 0 Å². The molecule has 1 aromatic heterocycles. The Bertz CT molecular complexity index is 1410. The van der Waals surface area contributed by atoms with Gasteiger partial charge in [-0.15, -0.1) is 0 Å². The van der Waals surface area contributed by atoms with Crippen LogP contribution in [0.25, 0.3) is 10.9 Å². The number of amides is 2. The lowest BCUT2D eigenvalue weighted by molar-refractivity contribution is -0.148. The average molecular weight is 559 g/mol. The minimum atomic E-state index is -0.908. The van der Waals surface area contributed by atoms with Crippen molar-refractivity contribution in [3.05, 3.63) is 100 Å². The van der Waals surface area contributed by atoms with Crippen LogP contribution in [-0.2, 0) is 22.6 Å². The molecule has 0 atom stereocenters. The van der Waals surface area contributed by atoms with Crippen LogP contribution >= 0.6 is 15.9 Å². The number of halogens is 1. The van der Waals surface area contributed by atoms with Gasteiger partial charge in [-0.3, -0.25) is 9.59 Å². The van der Waals surface area contributed by atoms with Crippen LogP contribution < -0.4 is 5.32 Å². The van der Waals surface area contributed by atoms with Gasteiger partial charge in [0.1, 0.15) is 5.54 Å². The third kappa shape index (κ3) is 5.35. The predicted octanol–water partition coefficient (Wildman–Crippen LogP) is 7.15. The number of carbonyl (C=O) groups excluding carboxylic acids is 2. The lowest BCUT2D eigenvalue weighted by Crippen LogP contribution is -2.60. The molecule has 0 aliphatic heterocycles. The highest BCUT2D eigenvalue weighted by Gasteiger charge is 2.47. The molecule has 1 heterocycles. The highest BCUT2D eigenvalue weighted by molar-refractivity contribution is 9.10. The number of rotatable bonds is 7. The van der Waals surface area contributed by atoms with Crippen molar-refractivity contribution in [2.45, 2.75) is 57.5 Å². The highest BCUT2D eigenvalue weighted by Crippen LogP contribution is 2.37. The number of benzene rings is 3. The molecule has 0 spiro atoms. The van der Waals surface area contributed by atoms with Crippen LogP contribution in [0, 0.1) is 6.92 Å². The summed E-state index contributed by atoms with van der Waals surface area (Å²) in [5.74, 6) is -0.137. The second-order valence-corrected chi connectivity index (χ2v) is 10.9. The number of aryl methyl sites for hydroxylation is 1. The molecule has 37 heavy (non-hydrogen) atoms. The van der Waals surface area contributed by atoms with Gasteiger partial charge in [0.15, 0.2) is 0 Å². The van der Waals surface area contributed by atoms with Gasteiger partial charge in [-0.05, 0) is 54.7 Å². The molecule has 0 unspecified atom stereocenters. The van der Waals surface area contributed by atoms with Crippen LogP contribution in [0.2, 0.25) is 0 Å². The van der Waals surface area contributed by atoms with Gasteiger partial charge in [0.05, 0.1) is 6.42 Å². The van der Waals surface area contributed by atoms with Crippen LogP contribution in [-0.4, -0.2) is 27.2 Å². The Morgan fingerprint density at radius 2 is 1.70 bits per heavy atom. The Morgan fingerprint density at radius 1 is 0.973 bits per heavy atom. The van der Waals surface area contributed by atoms with Gasteiger partial charge in [-0.2, -0.15) is 0 Å². The molecule has 0 radical (unpaired) electrons. The number of fused-ring (bicyclic) bond motifs is 1. The Balaban J connectivity index is 1.51. The normalized spacial score (nSPS) is 14.9. The van der Waals surface area contributed by atoms with Gasteiger partial charge < -0.3 is 15.2 Å². The van der Waals surface area contributed by atoms with Gasteiger partial charge in [-0.25, -0.2) is 0 Å². The van der Waals surface area contributed by atoms with Crippen molar-refractivity contribution < 1.29 is 9.59 Å². The average Bonchev–Trinajstić information content (AvgIpc) is 3.33. The van der Waals surface area contributed by atoms with E-state index < -0.39 is 5.54 Å².